The van der Waals surface area contributed by atoms with Gasteiger partial charge in [-0.3, -0.25) is 19.0 Å². The summed E-state index contributed by atoms with van der Waals surface area (Å²) in [6.07, 6.45) is -6.32. The summed E-state index contributed by atoms with van der Waals surface area (Å²) in [7, 11) is 1.19. The summed E-state index contributed by atoms with van der Waals surface area (Å²) in [5, 5.41) is 12.1. The number of nitrogens with one attached hydrogen (secondary N) is 1. The number of carbonyl (C=O) groups excluding carboxylic acids is 2. The van der Waals surface area contributed by atoms with E-state index in [1.54, 1.807) is 0 Å². The van der Waals surface area contributed by atoms with Gasteiger partial charge in [-0.05, 0) is 24.3 Å². The Morgan fingerprint density at radius 3 is 2.40 bits per heavy atom. The van der Waals surface area contributed by atoms with Crippen molar-refractivity contribution in [3.8, 4) is 5.75 Å². The first kappa shape index (κ1) is 29.0. The number of hydrogen-bond acceptors (Lipinski definition) is 6. The van der Waals surface area contributed by atoms with Crippen molar-refractivity contribution in [2.75, 3.05) is 18.6 Å². The van der Waals surface area contributed by atoms with E-state index in [0.29, 0.717) is 9.59 Å². The van der Waals surface area contributed by atoms with E-state index in [4.69, 9.17) is 16.3 Å². The zero-order chi connectivity index (χ0) is 29.4. The smallest absolute Gasteiger partial charge is 0.416 e. The summed E-state index contributed by atoms with van der Waals surface area (Å²) in [6, 6.07) is 5.67. The van der Waals surface area contributed by atoms with Gasteiger partial charge in [0.25, 0.3) is 11.5 Å². The molecule has 0 spiro atoms. The molecule has 0 radical (unpaired) electrons. The van der Waals surface area contributed by atoms with Gasteiger partial charge in [-0.15, -0.1) is 0 Å². The number of aromatic nitrogens is 2. The van der Waals surface area contributed by atoms with Crippen LogP contribution in [0, 0.1) is 11.6 Å². The van der Waals surface area contributed by atoms with Crippen molar-refractivity contribution in [2.45, 2.75) is 30.8 Å². The zero-order valence-corrected chi connectivity index (χ0v) is 21.2. The lowest BCUT2D eigenvalue weighted by molar-refractivity contribution is -0.207. The Bertz CT molecular complexity index is 1480. The second-order valence-electron chi connectivity index (χ2n) is 8.81. The van der Waals surface area contributed by atoms with Crippen LogP contribution in [0.25, 0.3) is 0 Å². The molecule has 2 aromatic carbocycles. The molecular weight excluding hydrogens is 567 g/mol. The van der Waals surface area contributed by atoms with Gasteiger partial charge in [0.2, 0.25) is 5.91 Å². The maximum absolute atomic E-state index is 15.1. The molecule has 2 heterocycles. The highest BCUT2D eigenvalue weighted by Gasteiger charge is 2.46. The number of aliphatic hydroxyl groups is 1. The number of hydrogen-bond donors (Lipinski definition) is 2. The lowest BCUT2D eigenvalue weighted by Crippen LogP contribution is -2.45. The van der Waals surface area contributed by atoms with Crippen LogP contribution in [-0.2, 0) is 11.3 Å². The van der Waals surface area contributed by atoms with Crippen LogP contribution in [0.3, 0.4) is 0 Å². The van der Waals surface area contributed by atoms with Gasteiger partial charge in [0.15, 0.2) is 6.10 Å². The Morgan fingerprint density at radius 2 is 1.82 bits per heavy atom. The first-order valence-corrected chi connectivity index (χ1v) is 11.9. The van der Waals surface area contributed by atoms with Crippen LogP contribution < -0.4 is 20.5 Å². The normalized spacial score (nSPS) is 18.1. The topological polar surface area (TPSA) is 114 Å². The largest absolute Gasteiger partial charge is 0.497 e. The van der Waals surface area contributed by atoms with Crippen molar-refractivity contribution in [1.82, 2.24) is 14.9 Å². The number of ether oxygens (including phenoxy) is 1. The molecule has 0 saturated carbocycles. The predicted molar refractivity (Wildman–Crippen MR) is 131 cm³/mol. The fraction of sp³-hybridized carbons (Fsp3) is 0.280. The third-order valence-electron chi connectivity index (χ3n) is 6.29. The van der Waals surface area contributed by atoms with Crippen LogP contribution >= 0.6 is 11.6 Å². The van der Waals surface area contributed by atoms with Crippen LogP contribution in [0.4, 0.5) is 27.6 Å². The van der Waals surface area contributed by atoms with Crippen molar-refractivity contribution < 1.29 is 41.4 Å². The third-order valence-corrected chi connectivity index (χ3v) is 6.54. The van der Waals surface area contributed by atoms with E-state index in [1.807, 2.05) is 0 Å². The van der Waals surface area contributed by atoms with Gasteiger partial charge in [0, 0.05) is 40.7 Å². The summed E-state index contributed by atoms with van der Waals surface area (Å²) in [4.78, 5) is 43.9. The van der Waals surface area contributed by atoms with Crippen molar-refractivity contribution in [3.05, 3.63) is 87.1 Å². The fourth-order valence-electron chi connectivity index (χ4n) is 4.27. The molecule has 1 fully saturated rings. The Labute approximate surface area is 227 Å². The molecule has 4 rings (SSSR count). The van der Waals surface area contributed by atoms with E-state index in [2.05, 4.69) is 10.3 Å². The number of halogens is 6. The highest BCUT2D eigenvalue weighted by molar-refractivity contribution is 6.30. The Morgan fingerprint density at radius 1 is 1.20 bits per heavy atom. The van der Waals surface area contributed by atoms with E-state index in [-0.39, 0.29) is 11.3 Å². The average Bonchev–Trinajstić information content (AvgIpc) is 3.19. The number of alkyl halides is 3. The number of nitrogens with zero attached hydrogens (tertiary/aromatic N) is 3. The molecule has 2 amide bonds. The SMILES string of the molecule is COc1cc(F)c([C@@H]2CN(c3cncn(CC(O)C(F)(F)F)c3=O)C(=O)[C@H]2NC(=O)c2ccc(Cl)cc2)c(F)c1. The van der Waals surface area contributed by atoms with Gasteiger partial charge in [-0.2, -0.15) is 13.2 Å². The molecule has 1 saturated heterocycles. The maximum atomic E-state index is 15.1. The summed E-state index contributed by atoms with van der Waals surface area (Å²) in [5.74, 6) is -5.51. The van der Waals surface area contributed by atoms with Crippen LogP contribution in [0.1, 0.15) is 21.8 Å². The molecule has 2 N–H and O–H groups in total. The highest BCUT2D eigenvalue weighted by Crippen LogP contribution is 2.36. The van der Waals surface area contributed by atoms with E-state index < -0.39 is 77.6 Å². The van der Waals surface area contributed by atoms with Gasteiger partial charge in [0.05, 0.1) is 26.2 Å². The zero-order valence-electron chi connectivity index (χ0n) is 20.5. The van der Waals surface area contributed by atoms with Gasteiger partial charge in [0.1, 0.15) is 29.1 Å². The predicted octanol–water partition coefficient (Wildman–Crippen LogP) is 3.04. The van der Waals surface area contributed by atoms with Crippen LogP contribution in [0.2, 0.25) is 5.02 Å². The van der Waals surface area contributed by atoms with E-state index in [0.717, 1.165) is 29.6 Å². The van der Waals surface area contributed by atoms with Crippen molar-refractivity contribution in [2.24, 2.45) is 0 Å². The van der Waals surface area contributed by atoms with Crippen LogP contribution in [0.15, 0.2) is 53.7 Å². The number of amides is 2. The quantitative estimate of drug-likeness (QED) is 0.412. The molecule has 15 heteroatoms. The van der Waals surface area contributed by atoms with E-state index in [1.165, 1.54) is 31.4 Å². The number of aliphatic hydroxyl groups excluding tert-OH is 1. The minimum Gasteiger partial charge on any atom is -0.497 e. The van der Waals surface area contributed by atoms with Gasteiger partial charge in [-0.25, -0.2) is 13.8 Å². The number of anilines is 1. The second kappa shape index (κ2) is 11.2. The molecule has 40 heavy (non-hydrogen) atoms. The minimum atomic E-state index is -5.04. The Balaban J connectivity index is 1.75. The summed E-state index contributed by atoms with van der Waals surface area (Å²) < 4.78 is 74.1. The van der Waals surface area contributed by atoms with Crippen LogP contribution in [0.5, 0.6) is 5.75 Å². The summed E-state index contributed by atoms with van der Waals surface area (Å²) in [6.45, 7) is -1.76. The average molecular weight is 587 g/mol. The molecule has 9 nitrogen and oxygen atoms in total. The molecule has 0 aliphatic carbocycles. The van der Waals surface area contributed by atoms with Crippen molar-refractivity contribution in [1.29, 1.82) is 0 Å². The Hall–Kier alpha value is -4.04. The number of methoxy groups -OCH3 is 1. The molecule has 0 bridgehead atoms. The first-order chi connectivity index (χ1) is 18.8. The third kappa shape index (κ3) is 5.77. The lowest BCUT2D eigenvalue weighted by Gasteiger charge is -2.20. The standard InChI is InChI=1S/C25H20ClF5N4O5/c1-40-14-6-16(27)20(17(28)7-14)15-9-35(18-8-32-11-34(23(18)38)10-19(36)25(29,30)31)24(39)21(15)33-22(37)12-2-4-13(26)5-3-12/h2-8,11,15,19,21,36H,9-10H2,1H3,(H,33,37)/t15-,19?,21-/m0/s1. The minimum absolute atomic E-state index is 0.0648. The van der Waals surface area contributed by atoms with E-state index >= 15 is 8.78 Å². The van der Waals surface area contributed by atoms with Crippen molar-refractivity contribution >= 4 is 29.1 Å². The number of benzene rings is 2. The van der Waals surface area contributed by atoms with Crippen molar-refractivity contribution in [3.63, 3.8) is 0 Å². The Kier molecular flexibility index (Phi) is 8.12. The molecule has 1 aliphatic heterocycles. The summed E-state index contributed by atoms with van der Waals surface area (Å²) in [5.41, 5.74) is -2.18. The molecule has 1 aromatic heterocycles. The first-order valence-electron chi connectivity index (χ1n) is 11.5. The van der Waals surface area contributed by atoms with E-state index in [9.17, 15) is 32.7 Å². The molecular formula is C25H20ClF5N4O5. The molecule has 212 valence electrons. The molecule has 3 aromatic rings. The lowest BCUT2D eigenvalue weighted by atomic mass is 9.92. The van der Waals surface area contributed by atoms with Gasteiger partial charge in [-0.1, -0.05) is 11.6 Å². The van der Waals surface area contributed by atoms with Gasteiger partial charge >= 0.3 is 6.18 Å². The summed E-state index contributed by atoms with van der Waals surface area (Å²) >= 11 is 5.84. The fourth-order valence-corrected chi connectivity index (χ4v) is 4.40. The molecule has 1 unspecified atom stereocenters. The monoisotopic (exact) mass is 586 g/mol. The molecule has 3 atom stereocenters. The number of carbonyl (C=O) groups is 2. The molecule has 1 aliphatic rings. The maximum Gasteiger partial charge on any atom is 0.416 e. The number of rotatable bonds is 7. The second-order valence-corrected chi connectivity index (χ2v) is 9.25. The van der Waals surface area contributed by atoms with Crippen LogP contribution in [-0.4, -0.2) is 58.4 Å². The highest BCUT2D eigenvalue weighted by atomic mass is 35.5. The van der Waals surface area contributed by atoms with Gasteiger partial charge < -0.3 is 20.1 Å².